The lowest BCUT2D eigenvalue weighted by atomic mass is 10.1. The normalized spacial score (nSPS) is 15.6. The zero-order valence-corrected chi connectivity index (χ0v) is 19.7. The fraction of sp³-hybridized carbons (Fsp3) is 0.208. The molecule has 1 atom stereocenters. The van der Waals surface area contributed by atoms with E-state index in [0.29, 0.717) is 40.3 Å². The molecule has 5 heterocycles. The van der Waals surface area contributed by atoms with E-state index >= 15 is 0 Å². The highest BCUT2D eigenvalue weighted by atomic mass is 35.5. The number of likely N-dealkylation sites (tertiary alicyclic amines) is 1. The molecule has 10 nitrogen and oxygen atoms in total. The Hall–Kier alpha value is -4.25. The van der Waals surface area contributed by atoms with Gasteiger partial charge in [0.25, 0.3) is 5.91 Å². The lowest BCUT2D eigenvalue weighted by molar-refractivity contribution is -0.127. The first-order valence-electron chi connectivity index (χ1n) is 11.1. The summed E-state index contributed by atoms with van der Waals surface area (Å²) in [7, 11) is 0. The Labute approximate surface area is 209 Å². The van der Waals surface area contributed by atoms with Gasteiger partial charge in [-0.1, -0.05) is 18.2 Å². The monoisotopic (exact) mass is 506 g/mol. The van der Waals surface area contributed by atoms with Crippen molar-refractivity contribution in [2.24, 2.45) is 0 Å². The molecule has 0 aromatic carbocycles. The van der Waals surface area contributed by atoms with Crippen LogP contribution in [0.1, 0.15) is 29.5 Å². The van der Waals surface area contributed by atoms with E-state index in [0.717, 1.165) is 12.8 Å². The molecule has 36 heavy (non-hydrogen) atoms. The van der Waals surface area contributed by atoms with Gasteiger partial charge in [-0.15, -0.1) is 0 Å². The van der Waals surface area contributed by atoms with Crippen LogP contribution in [0, 0.1) is 5.82 Å². The van der Waals surface area contributed by atoms with Crippen LogP contribution in [-0.2, 0) is 4.79 Å². The number of halogens is 2. The highest BCUT2D eigenvalue weighted by Gasteiger charge is 2.28. The number of aromatic nitrogens is 6. The van der Waals surface area contributed by atoms with E-state index in [2.05, 4.69) is 31.8 Å². The first-order chi connectivity index (χ1) is 17.5. The van der Waals surface area contributed by atoms with E-state index in [-0.39, 0.29) is 23.6 Å². The van der Waals surface area contributed by atoms with Crippen molar-refractivity contribution in [3.63, 3.8) is 0 Å². The molecule has 0 bridgehead atoms. The molecule has 4 aromatic heterocycles. The Morgan fingerprint density at radius 2 is 2.00 bits per heavy atom. The van der Waals surface area contributed by atoms with E-state index in [1.54, 1.807) is 17.3 Å². The molecular weight excluding hydrogens is 487 g/mol. The summed E-state index contributed by atoms with van der Waals surface area (Å²) in [5.41, 5.74) is 1.76. The topological polar surface area (TPSA) is 119 Å². The van der Waals surface area contributed by atoms with Crippen LogP contribution < -0.4 is 5.32 Å². The fourth-order valence-electron chi connectivity index (χ4n) is 4.22. The predicted octanol–water partition coefficient (Wildman–Crippen LogP) is 3.68. The molecule has 0 aliphatic carbocycles. The summed E-state index contributed by atoms with van der Waals surface area (Å²) < 4.78 is 15.6. The number of piperidine rings is 1. The minimum absolute atomic E-state index is 0.0990. The molecule has 1 aliphatic rings. The summed E-state index contributed by atoms with van der Waals surface area (Å²) >= 11 is 6.52. The molecule has 0 unspecified atom stereocenters. The third-order valence-corrected chi connectivity index (χ3v) is 6.19. The smallest absolute Gasteiger partial charge is 0.294 e. The van der Waals surface area contributed by atoms with Crippen LogP contribution in [0.15, 0.2) is 55.8 Å². The highest BCUT2D eigenvalue weighted by Crippen LogP contribution is 2.35. The highest BCUT2D eigenvalue weighted by molar-refractivity contribution is 6.35. The van der Waals surface area contributed by atoms with Gasteiger partial charge in [-0.3, -0.25) is 19.3 Å². The number of rotatable bonds is 5. The molecule has 5 rings (SSSR count). The number of anilines is 1. The zero-order valence-electron chi connectivity index (χ0n) is 18.9. The van der Waals surface area contributed by atoms with Gasteiger partial charge in [0.05, 0.1) is 16.6 Å². The van der Waals surface area contributed by atoms with Crippen molar-refractivity contribution in [3.8, 4) is 11.3 Å². The number of hydrogen-bond donors (Lipinski definition) is 1. The Bertz CT molecular complexity index is 1470. The van der Waals surface area contributed by atoms with Crippen molar-refractivity contribution in [3.05, 3.63) is 72.4 Å². The average molecular weight is 507 g/mol. The Balaban J connectivity index is 1.47. The summed E-state index contributed by atoms with van der Waals surface area (Å²) in [6.45, 7) is 4.71. The van der Waals surface area contributed by atoms with E-state index in [1.807, 2.05) is 4.68 Å². The van der Waals surface area contributed by atoms with Crippen LogP contribution >= 0.6 is 11.6 Å². The zero-order chi connectivity index (χ0) is 25.2. The first-order valence-corrected chi connectivity index (χ1v) is 11.5. The standard InChI is InChI=1S/C24H20ClFN8O2/c1-2-19(35)33-8-4-5-15(13-33)34-21-16(11-27-12-17(21)25)20(32-34)14-9-29-23(30-10-14)24(36)31-22-18(26)6-3-7-28-22/h2-3,6-7,9-12,15H,1,4-5,8,13H2,(H,28,31,36)/t15-/m1/s1. The molecule has 1 aliphatic heterocycles. The van der Waals surface area contributed by atoms with Crippen LogP contribution in [0.5, 0.6) is 0 Å². The summed E-state index contributed by atoms with van der Waals surface area (Å²) in [5.74, 6) is -1.86. The van der Waals surface area contributed by atoms with Gasteiger partial charge in [-0.2, -0.15) is 5.10 Å². The van der Waals surface area contributed by atoms with Crippen LogP contribution in [-0.4, -0.2) is 59.5 Å². The summed E-state index contributed by atoms with van der Waals surface area (Å²) in [6.07, 6.45) is 10.4. The van der Waals surface area contributed by atoms with Gasteiger partial charge in [0.15, 0.2) is 11.6 Å². The van der Waals surface area contributed by atoms with Crippen molar-refractivity contribution in [1.29, 1.82) is 0 Å². The van der Waals surface area contributed by atoms with Crippen LogP contribution in [0.2, 0.25) is 5.02 Å². The van der Waals surface area contributed by atoms with Gasteiger partial charge < -0.3 is 10.2 Å². The second-order valence-corrected chi connectivity index (χ2v) is 8.59. The number of pyridine rings is 2. The lowest BCUT2D eigenvalue weighted by Crippen LogP contribution is -2.40. The minimum atomic E-state index is -0.701. The van der Waals surface area contributed by atoms with Gasteiger partial charge in [-0.05, 0) is 31.1 Å². The van der Waals surface area contributed by atoms with Crippen molar-refractivity contribution in [2.75, 3.05) is 18.4 Å². The summed E-state index contributed by atoms with van der Waals surface area (Å²) in [5, 5.41) is 8.27. The second-order valence-electron chi connectivity index (χ2n) is 8.18. The number of nitrogens with one attached hydrogen (secondary N) is 1. The fourth-order valence-corrected chi connectivity index (χ4v) is 4.46. The van der Waals surface area contributed by atoms with Crippen molar-refractivity contribution in [2.45, 2.75) is 18.9 Å². The number of amides is 2. The second kappa shape index (κ2) is 9.78. The molecule has 1 saturated heterocycles. The maximum Gasteiger partial charge on any atom is 0.294 e. The Morgan fingerprint density at radius 3 is 2.75 bits per heavy atom. The summed E-state index contributed by atoms with van der Waals surface area (Å²) in [4.78, 5) is 42.7. The predicted molar refractivity (Wildman–Crippen MR) is 131 cm³/mol. The van der Waals surface area contributed by atoms with E-state index in [9.17, 15) is 14.0 Å². The van der Waals surface area contributed by atoms with Crippen LogP contribution in [0.3, 0.4) is 0 Å². The molecule has 182 valence electrons. The average Bonchev–Trinajstić information content (AvgIpc) is 3.31. The number of fused-ring (bicyclic) bond motifs is 1. The molecule has 0 spiro atoms. The number of carbonyl (C=O) groups is 2. The van der Waals surface area contributed by atoms with E-state index in [1.165, 1.54) is 36.8 Å². The van der Waals surface area contributed by atoms with Crippen molar-refractivity contribution < 1.29 is 14.0 Å². The van der Waals surface area contributed by atoms with Crippen molar-refractivity contribution >= 4 is 40.1 Å². The van der Waals surface area contributed by atoms with Gasteiger partial charge in [0.2, 0.25) is 11.7 Å². The minimum Gasteiger partial charge on any atom is -0.337 e. The Kier molecular flexibility index (Phi) is 6.38. The number of hydrogen-bond acceptors (Lipinski definition) is 7. The molecule has 4 aromatic rings. The SMILES string of the molecule is C=CC(=O)N1CCC[C@@H](n2nc(-c3cnc(C(=O)Nc4ncccc4F)nc3)c3cncc(Cl)c32)C1. The van der Waals surface area contributed by atoms with Crippen molar-refractivity contribution in [1.82, 2.24) is 34.6 Å². The molecule has 0 radical (unpaired) electrons. The number of carbonyl (C=O) groups excluding carboxylic acids is 2. The lowest BCUT2D eigenvalue weighted by Gasteiger charge is -2.32. The molecule has 1 fully saturated rings. The molecule has 0 saturated carbocycles. The molecule has 12 heteroatoms. The first kappa shape index (κ1) is 23.5. The van der Waals surface area contributed by atoms with Crippen LogP contribution in [0.25, 0.3) is 22.2 Å². The molecular formula is C24H20ClFN8O2. The van der Waals surface area contributed by atoms with Gasteiger partial charge >= 0.3 is 0 Å². The Morgan fingerprint density at radius 1 is 1.19 bits per heavy atom. The maximum atomic E-state index is 13.8. The van der Waals surface area contributed by atoms with Gasteiger partial charge in [-0.25, -0.2) is 19.3 Å². The quantitative estimate of drug-likeness (QED) is 0.410. The molecule has 2 amide bonds. The third-order valence-electron chi connectivity index (χ3n) is 5.91. The van der Waals surface area contributed by atoms with E-state index in [4.69, 9.17) is 16.7 Å². The summed E-state index contributed by atoms with van der Waals surface area (Å²) in [6, 6.07) is 2.51. The van der Waals surface area contributed by atoms with E-state index < -0.39 is 11.7 Å². The maximum absolute atomic E-state index is 13.8. The largest absolute Gasteiger partial charge is 0.337 e. The molecule has 1 N–H and O–H groups in total. The number of nitrogens with zero attached hydrogens (tertiary/aromatic N) is 7. The third kappa shape index (κ3) is 4.40. The van der Waals surface area contributed by atoms with Crippen LogP contribution in [0.4, 0.5) is 10.2 Å². The van der Waals surface area contributed by atoms with Gasteiger partial charge in [0, 0.05) is 55.0 Å². The van der Waals surface area contributed by atoms with Gasteiger partial charge in [0.1, 0.15) is 5.69 Å².